The van der Waals surface area contributed by atoms with E-state index in [9.17, 15) is 9.59 Å². The molecule has 2 aromatic heterocycles. The molecule has 1 aliphatic rings. The number of aryl methyl sites for hydroxylation is 2. The van der Waals surface area contributed by atoms with Crippen LogP contribution in [0.2, 0.25) is 0 Å². The van der Waals surface area contributed by atoms with Crippen LogP contribution in [0.3, 0.4) is 0 Å². The average Bonchev–Trinajstić information content (AvgIpc) is 3.09. The van der Waals surface area contributed by atoms with Crippen LogP contribution in [0.15, 0.2) is 4.79 Å². The van der Waals surface area contributed by atoms with E-state index < -0.39 is 5.97 Å². The lowest BCUT2D eigenvalue weighted by atomic mass is 10.2. The van der Waals surface area contributed by atoms with Crippen LogP contribution in [0.25, 0.3) is 10.2 Å². The fraction of sp³-hybridized carbons (Fsp3) is 0.533. The van der Waals surface area contributed by atoms with Crippen LogP contribution in [-0.4, -0.2) is 35.3 Å². The van der Waals surface area contributed by atoms with Gasteiger partial charge in [0.2, 0.25) is 0 Å². The van der Waals surface area contributed by atoms with Crippen molar-refractivity contribution in [3.63, 3.8) is 0 Å². The number of esters is 1. The highest BCUT2D eigenvalue weighted by molar-refractivity contribution is 7.20. The van der Waals surface area contributed by atoms with Crippen molar-refractivity contribution in [3.05, 3.63) is 26.6 Å². The maximum atomic E-state index is 12.5. The van der Waals surface area contributed by atoms with Crippen LogP contribution in [0.1, 0.15) is 34.4 Å². The van der Waals surface area contributed by atoms with Crippen LogP contribution < -0.4 is 5.56 Å². The second kappa shape index (κ2) is 6.18. The molecule has 0 fully saturated rings. The molecule has 0 aliphatic carbocycles. The molecule has 0 unspecified atom stereocenters. The smallest absolute Gasteiger partial charge is 0.348 e. The van der Waals surface area contributed by atoms with Gasteiger partial charge in [0, 0.05) is 19.6 Å². The molecule has 7 heteroatoms. The third-order valence-corrected chi connectivity index (χ3v) is 4.93. The zero-order valence-corrected chi connectivity index (χ0v) is 13.5. The molecule has 0 amide bonds. The largest absolute Gasteiger partial charge is 0.459 e. The van der Waals surface area contributed by atoms with Crippen molar-refractivity contribution in [2.45, 2.75) is 33.2 Å². The van der Waals surface area contributed by atoms with Gasteiger partial charge in [-0.3, -0.25) is 9.36 Å². The number of hydrogen-bond acceptors (Lipinski definition) is 6. The van der Waals surface area contributed by atoms with Gasteiger partial charge in [-0.05, 0) is 25.8 Å². The van der Waals surface area contributed by atoms with Crippen LogP contribution in [0.5, 0.6) is 0 Å². The monoisotopic (exact) mass is 322 g/mol. The number of aromatic nitrogens is 2. The van der Waals surface area contributed by atoms with Gasteiger partial charge in [0.25, 0.3) is 5.56 Å². The molecular formula is C15H18N2O4S. The number of fused-ring (bicyclic) bond motifs is 2. The van der Waals surface area contributed by atoms with Gasteiger partial charge in [-0.25, -0.2) is 9.78 Å². The first-order chi connectivity index (χ1) is 10.6. The third kappa shape index (κ3) is 2.55. The van der Waals surface area contributed by atoms with E-state index in [4.69, 9.17) is 9.47 Å². The number of nitrogens with zero attached hydrogens (tertiary/aromatic N) is 2. The summed E-state index contributed by atoms with van der Waals surface area (Å²) in [6.07, 6.45) is 1.77. The molecule has 6 nitrogen and oxygen atoms in total. The van der Waals surface area contributed by atoms with Gasteiger partial charge in [-0.1, -0.05) is 0 Å². The Morgan fingerprint density at radius 1 is 1.41 bits per heavy atom. The van der Waals surface area contributed by atoms with Gasteiger partial charge in [-0.2, -0.15) is 0 Å². The van der Waals surface area contributed by atoms with Gasteiger partial charge in [-0.15, -0.1) is 11.3 Å². The van der Waals surface area contributed by atoms with E-state index in [1.54, 1.807) is 11.5 Å². The fourth-order valence-electron chi connectivity index (χ4n) is 2.67. The summed E-state index contributed by atoms with van der Waals surface area (Å²) < 4.78 is 12.0. The lowest BCUT2D eigenvalue weighted by Gasteiger charge is -2.04. The van der Waals surface area contributed by atoms with E-state index in [0.717, 1.165) is 18.7 Å². The predicted molar refractivity (Wildman–Crippen MR) is 83.7 cm³/mol. The Hall–Kier alpha value is -1.73. The van der Waals surface area contributed by atoms with Crippen molar-refractivity contribution in [2.75, 3.05) is 19.8 Å². The highest BCUT2D eigenvalue weighted by atomic mass is 32.1. The zero-order valence-electron chi connectivity index (χ0n) is 12.7. The summed E-state index contributed by atoms with van der Waals surface area (Å²) in [6.45, 7) is 5.55. The topological polar surface area (TPSA) is 70.4 Å². The Bertz CT molecular complexity index is 778. The Balaban J connectivity index is 1.92. The third-order valence-electron chi connectivity index (χ3n) is 3.76. The van der Waals surface area contributed by atoms with Crippen molar-refractivity contribution < 1.29 is 14.3 Å². The summed E-state index contributed by atoms with van der Waals surface area (Å²) in [5.41, 5.74) is 0.626. The van der Waals surface area contributed by atoms with E-state index in [1.807, 2.05) is 6.92 Å². The lowest BCUT2D eigenvalue weighted by Crippen LogP contribution is -2.20. The Kier molecular flexibility index (Phi) is 4.26. The summed E-state index contributed by atoms with van der Waals surface area (Å²) in [7, 11) is 0. The van der Waals surface area contributed by atoms with Gasteiger partial charge in [0.15, 0.2) is 0 Å². The van der Waals surface area contributed by atoms with E-state index in [1.165, 1.54) is 11.3 Å². The Morgan fingerprint density at radius 3 is 3.00 bits per heavy atom. The molecular weight excluding hydrogens is 304 g/mol. The number of rotatable bonds is 5. The molecule has 0 saturated heterocycles. The maximum Gasteiger partial charge on any atom is 0.348 e. The van der Waals surface area contributed by atoms with Crippen molar-refractivity contribution in [2.24, 2.45) is 0 Å². The normalized spacial score (nSPS) is 13.5. The molecule has 22 heavy (non-hydrogen) atoms. The maximum absolute atomic E-state index is 12.5. The Morgan fingerprint density at radius 2 is 2.23 bits per heavy atom. The van der Waals surface area contributed by atoms with Gasteiger partial charge < -0.3 is 9.47 Å². The molecule has 0 bridgehead atoms. The highest BCUT2D eigenvalue weighted by Gasteiger charge is 2.23. The minimum atomic E-state index is -0.412. The van der Waals surface area contributed by atoms with Crippen LogP contribution in [0.4, 0.5) is 0 Å². The minimum absolute atomic E-state index is 0.0420. The number of ether oxygens (including phenoxy) is 2. The highest BCUT2D eigenvalue weighted by Crippen LogP contribution is 2.29. The summed E-state index contributed by atoms with van der Waals surface area (Å²) in [5, 5.41) is 0.549. The van der Waals surface area contributed by atoms with Gasteiger partial charge >= 0.3 is 5.97 Å². The van der Waals surface area contributed by atoms with Crippen LogP contribution >= 0.6 is 11.3 Å². The quantitative estimate of drug-likeness (QED) is 0.621. The van der Waals surface area contributed by atoms with E-state index >= 15 is 0 Å². The predicted octanol–water partition coefficient (Wildman–Crippen LogP) is 1.91. The van der Waals surface area contributed by atoms with Crippen molar-refractivity contribution in [3.8, 4) is 0 Å². The molecule has 118 valence electrons. The second-order valence-corrected chi connectivity index (χ2v) is 6.16. The van der Waals surface area contributed by atoms with E-state index in [-0.39, 0.29) is 12.2 Å². The molecule has 0 N–H and O–H groups in total. The molecule has 3 rings (SSSR count). The van der Waals surface area contributed by atoms with Gasteiger partial charge in [0.1, 0.15) is 22.1 Å². The summed E-state index contributed by atoms with van der Waals surface area (Å²) in [4.78, 5) is 30.3. The summed E-state index contributed by atoms with van der Waals surface area (Å²) >= 11 is 1.24. The molecule has 0 atom stereocenters. The van der Waals surface area contributed by atoms with Crippen molar-refractivity contribution >= 4 is 27.5 Å². The van der Waals surface area contributed by atoms with E-state index in [2.05, 4.69) is 4.98 Å². The summed E-state index contributed by atoms with van der Waals surface area (Å²) in [6, 6.07) is 0. The molecule has 0 saturated carbocycles. The molecule has 0 spiro atoms. The van der Waals surface area contributed by atoms with E-state index in [0.29, 0.717) is 40.4 Å². The second-order valence-electron chi connectivity index (χ2n) is 5.16. The molecule has 3 heterocycles. The first kappa shape index (κ1) is 15.2. The first-order valence-corrected chi connectivity index (χ1v) is 8.22. The van der Waals surface area contributed by atoms with Crippen molar-refractivity contribution in [1.82, 2.24) is 9.55 Å². The van der Waals surface area contributed by atoms with Crippen LogP contribution in [-0.2, 0) is 22.4 Å². The molecule has 0 radical (unpaired) electrons. The number of hydrogen-bond donors (Lipinski definition) is 0. The Labute approximate surface area is 131 Å². The minimum Gasteiger partial charge on any atom is -0.459 e. The average molecular weight is 322 g/mol. The summed E-state index contributed by atoms with van der Waals surface area (Å²) in [5.74, 6) is 0.403. The van der Waals surface area contributed by atoms with Crippen LogP contribution in [0, 0.1) is 6.92 Å². The first-order valence-electron chi connectivity index (χ1n) is 7.41. The zero-order chi connectivity index (χ0) is 15.7. The molecule has 1 aliphatic heterocycles. The van der Waals surface area contributed by atoms with Gasteiger partial charge in [0.05, 0.1) is 12.0 Å². The standard InChI is InChI=1S/C15H18N2O4S/c1-3-20-7-8-21-15(19)12-9(2)11-13(22-12)16-10-5-4-6-17(10)14(11)18/h3-8H2,1-2H3. The lowest BCUT2D eigenvalue weighted by molar-refractivity contribution is 0.0340. The molecule has 2 aromatic rings. The van der Waals surface area contributed by atoms with Crippen molar-refractivity contribution in [1.29, 1.82) is 0 Å². The number of carbonyl (C=O) groups is 1. The number of thiophene rings is 1. The fourth-order valence-corrected chi connectivity index (χ4v) is 3.76. The SMILES string of the molecule is CCOCCOC(=O)c1sc2nc3n(c(=O)c2c1C)CCC3. The molecule has 0 aromatic carbocycles. The number of carbonyl (C=O) groups excluding carboxylic acids is 1.